The first-order valence-corrected chi connectivity index (χ1v) is 8.40. The number of imidazole rings is 1. The molecule has 1 amide bonds. The van der Waals surface area contributed by atoms with E-state index < -0.39 is 0 Å². The summed E-state index contributed by atoms with van der Waals surface area (Å²) in [6.07, 6.45) is 5.53. The van der Waals surface area contributed by atoms with Gasteiger partial charge in [0.1, 0.15) is 5.75 Å². The summed E-state index contributed by atoms with van der Waals surface area (Å²) < 4.78 is 2.25. The third-order valence-corrected chi connectivity index (χ3v) is 5.44. The average Bonchev–Trinajstić information content (AvgIpc) is 3.16. The molecule has 3 aromatic rings. The van der Waals surface area contributed by atoms with Gasteiger partial charge in [0.2, 0.25) is 0 Å². The molecule has 1 aromatic heterocycles. The van der Waals surface area contributed by atoms with Gasteiger partial charge in [-0.3, -0.25) is 4.79 Å². The predicted octanol–water partition coefficient (Wildman–Crippen LogP) is 2.91. The molecule has 5 heteroatoms. The van der Waals surface area contributed by atoms with Crippen LogP contribution in [0.2, 0.25) is 0 Å². The Bertz CT molecular complexity index is 969. The number of nitrogens with one attached hydrogen (secondary N) is 1. The van der Waals surface area contributed by atoms with E-state index in [0.717, 1.165) is 18.5 Å². The number of benzene rings is 2. The monoisotopic (exact) mass is 331 g/mol. The Labute approximate surface area is 145 Å². The lowest BCUT2D eigenvalue weighted by molar-refractivity contribution is 0.0836. The van der Waals surface area contributed by atoms with Gasteiger partial charge in [-0.25, -0.2) is 4.98 Å². The zero-order chi connectivity index (χ0) is 17.0. The largest absolute Gasteiger partial charge is 0.508 e. The molecule has 0 saturated heterocycles. The number of carbonyl (C=O) groups excluding carboxylic acids is 1. The summed E-state index contributed by atoms with van der Waals surface area (Å²) in [5.41, 5.74) is 4.19. The van der Waals surface area contributed by atoms with Crippen LogP contribution in [0.5, 0.6) is 5.75 Å². The van der Waals surface area contributed by atoms with Crippen molar-refractivity contribution in [3.05, 3.63) is 72.2 Å². The number of fused-ring (bicyclic) bond motifs is 5. The van der Waals surface area contributed by atoms with E-state index in [9.17, 15) is 9.90 Å². The summed E-state index contributed by atoms with van der Waals surface area (Å²) in [7, 11) is 0. The van der Waals surface area contributed by atoms with Gasteiger partial charge < -0.3 is 15.0 Å². The minimum Gasteiger partial charge on any atom is -0.508 e. The van der Waals surface area contributed by atoms with Gasteiger partial charge in [-0.05, 0) is 42.7 Å². The molecule has 2 N–H and O–H groups in total. The first-order valence-electron chi connectivity index (χ1n) is 8.40. The molecule has 0 atom stereocenters. The number of aromatic hydroxyl groups is 1. The molecular formula is C20H17N3O2. The summed E-state index contributed by atoms with van der Waals surface area (Å²) in [5, 5.41) is 12.4. The molecule has 0 radical (unpaired) electrons. The van der Waals surface area contributed by atoms with Crippen LogP contribution in [0.1, 0.15) is 28.8 Å². The maximum atomic E-state index is 12.4. The standard InChI is InChI=1S/C20H17N3O2/c24-15-7-5-13(6-8-15)19(25)22-14-9-20(10-14)17-4-2-1-3-16(17)18-11-21-12-23(18)20/h1-8,11-12,14,24H,9-10H2,(H,22,25). The summed E-state index contributed by atoms with van der Waals surface area (Å²) in [5.74, 6) is 0.0614. The highest BCUT2D eigenvalue weighted by molar-refractivity contribution is 5.94. The molecule has 0 bridgehead atoms. The molecule has 5 nitrogen and oxygen atoms in total. The molecule has 0 unspecified atom stereocenters. The van der Waals surface area contributed by atoms with E-state index >= 15 is 0 Å². The minimum atomic E-state index is -0.100. The van der Waals surface area contributed by atoms with E-state index in [1.807, 2.05) is 12.5 Å². The average molecular weight is 331 g/mol. The van der Waals surface area contributed by atoms with Crippen molar-refractivity contribution < 1.29 is 9.90 Å². The number of hydrogen-bond acceptors (Lipinski definition) is 3. The molecule has 1 spiro atoms. The number of amides is 1. The van der Waals surface area contributed by atoms with Crippen molar-refractivity contribution in [2.24, 2.45) is 0 Å². The fourth-order valence-electron chi connectivity index (χ4n) is 4.23. The van der Waals surface area contributed by atoms with Gasteiger partial charge in [-0.15, -0.1) is 0 Å². The highest BCUT2D eigenvalue weighted by atomic mass is 16.3. The zero-order valence-electron chi connectivity index (χ0n) is 13.5. The van der Waals surface area contributed by atoms with Crippen LogP contribution in [-0.2, 0) is 5.54 Å². The second-order valence-electron chi connectivity index (χ2n) is 6.85. The molecule has 2 heterocycles. The van der Waals surface area contributed by atoms with Gasteiger partial charge in [-0.1, -0.05) is 24.3 Å². The first kappa shape index (κ1) is 14.3. The molecule has 1 saturated carbocycles. The van der Waals surface area contributed by atoms with Gasteiger partial charge in [-0.2, -0.15) is 0 Å². The van der Waals surface area contributed by atoms with Crippen molar-refractivity contribution in [3.8, 4) is 17.0 Å². The number of nitrogens with zero attached hydrogens (tertiary/aromatic N) is 2. The summed E-state index contributed by atoms with van der Waals surface area (Å²) in [6, 6.07) is 14.9. The van der Waals surface area contributed by atoms with E-state index in [0.29, 0.717) is 5.56 Å². The highest BCUT2D eigenvalue weighted by Gasteiger charge is 2.52. The molecule has 1 aliphatic carbocycles. The quantitative estimate of drug-likeness (QED) is 0.759. The lowest BCUT2D eigenvalue weighted by Gasteiger charge is -2.47. The van der Waals surface area contributed by atoms with Crippen molar-refractivity contribution in [2.45, 2.75) is 24.4 Å². The Kier molecular flexibility index (Phi) is 2.83. The number of hydrogen-bond donors (Lipinski definition) is 2. The van der Waals surface area contributed by atoms with Crippen LogP contribution >= 0.6 is 0 Å². The fraction of sp³-hybridized carbons (Fsp3) is 0.200. The van der Waals surface area contributed by atoms with E-state index in [4.69, 9.17) is 0 Å². The minimum absolute atomic E-state index is 0.0880. The fourth-order valence-corrected chi connectivity index (χ4v) is 4.23. The van der Waals surface area contributed by atoms with Crippen LogP contribution < -0.4 is 5.32 Å². The van der Waals surface area contributed by atoms with Crippen LogP contribution in [0.25, 0.3) is 11.3 Å². The van der Waals surface area contributed by atoms with Gasteiger partial charge in [0.25, 0.3) is 5.91 Å². The maximum Gasteiger partial charge on any atom is 0.251 e. The maximum absolute atomic E-state index is 12.4. The SMILES string of the molecule is O=C(NC1CC2(C1)c1ccccc1-c1cncn12)c1ccc(O)cc1. The molecule has 124 valence electrons. The smallest absolute Gasteiger partial charge is 0.251 e. The number of aromatic nitrogens is 2. The van der Waals surface area contributed by atoms with Crippen LogP contribution in [0, 0.1) is 0 Å². The van der Waals surface area contributed by atoms with Crippen LogP contribution in [0.3, 0.4) is 0 Å². The number of rotatable bonds is 2. The second kappa shape index (κ2) is 4.96. The van der Waals surface area contributed by atoms with Crippen molar-refractivity contribution in [1.29, 1.82) is 0 Å². The van der Waals surface area contributed by atoms with Gasteiger partial charge >= 0.3 is 0 Å². The van der Waals surface area contributed by atoms with Crippen LogP contribution in [0.4, 0.5) is 0 Å². The highest BCUT2D eigenvalue weighted by Crippen LogP contribution is 2.54. The van der Waals surface area contributed by atoms with Crippen molar-refractivity contribution in [3.63, 3.8) is 0 Å². The number of phenols is 1. The lowest BCUT2D eigenvalue weighted by atomic mass is 9.68. The lowest BCUT2D eigenvalue weighted by Crippen LogP contribution is -2.55. The third-order valence-electron chi connectivity index (χ3n) is 5.44. The Morgan fingerprint density at radius 1 is 1.16 bits per heavy atom. The molecule has 1 fully saturated rings. The van der Waals surface area contributed by atoms with Crippen molar-refractivity contribution >= 4 is 5.91 Å². The molecule has 1 aliphatic heterocycles. The van der Waals surface area contributed by atoms with E-state index in [1.165, 1.54) is 23.3 Å². The van der Waals surface area contributed by atoms with Crippen LogP contribution in [-0.4, -0.2) is 26.6 Å². The van der Waals surface area contributed by atoms with Crippen LogP contribution in [0.15, 0.2) is 61.1 Å². The predicted molar refractivity (Wildman–Crippen MR) is 93.3 cm³/mol. The zero-order valence-corrected chi connectivity index (χ0v) is 13.5. The number of phenolic OH excluding ortho intramolecular Hbond substituents is 1. The molecule has 25 heavy (non-hydrogen) atoms. The molecule has 5 rings (SSSR count). The van der Waals surface area contributed by atoms with Gasteiger partial charge in [0, 0.05) is 17.2 Å². The van der Waals surface area contributed by atoms with E-state index in [2.05, 4.69) is 39.1 Å². The van der Waals surface area contributed by atoms with E-state index in [-0.39, 0.29) is 23.2 Å². The molecular weight excluding hydrogens is 314 g/mol. The second-order valence-corrected chi connectivity index (χ2v) is 6.85. The third kappa shape index (κ3) is 1.95. The van der Waals surface area contributed by atoms with E-state index in [1.54, 1.807) is 12.1 Å². The molecule has 2 aromatic carbocycles. The van der Waals surface area contributed by atoms with Crippen molar-refractivity contribution in [2.75, 3.05) is 0 Å². The summed E-state index contributed by atoms with van der Waals surface area (Å²) in [6.45, 7) is 0. The Morgan fingerprint density at radius 2 is 1.92 bits per heavy atom. The number of carbonyl (C=O) groups is 1. The van der Waals surface area contributed by atoms with Gasteiger partial charge in [0.05, 0.1) is 23.8 Å². The first-order chi connectivity index (χ1) is 12.2. The Morgan fingerprint density at radius 3 is 2.72 bits per heavy atom. The summed E-state index contributed by atoms with van der Waals surface area (Å²) in [4.78, 5) is 16.7. The van der Waals surface area contributed by atoms with Gasteiger partial charge in [0.15, 0.2) is 0 Å². The Balaban J connectivity index is 1.38. The topological polar surface area (TPSA) is 67.2 Å². The van der Waals surface area contributed by atoms with Crippen molar-refractivity contribution in [1.82, 2.24) is 14.9 Å². The molecule has 2 aliphatic rings. The Hall–Kier alpha value is -3.08. The normalized spacial score (nSPS) is 23.0. The summed E-state index contributed by atoms with van der Waals surface area (Å²) >= 11 is 0.